The average molecular weight is 536 g/mol. The first-order valence-corrected chi connectivity index (χ1v) is 14.4. The molecule has 0 aromatic heterocycles. The Morgan fingerprint density at radius 2 is 1.74 bits per heavy atom. The number of anilines is 2. The number of nitrogens with one attached hydrogen (secondary N) is 2. The summed E-state index contributed by atoms with van der Waals surface area (Å²) < 4.78 is 32.1. The summed E-state index contributed by atoms with van der Waals surface area (Å²) in [5.41, 5.74) is 4.35. The second-order valence-corrected chi connectivity index (χ2v) is 11.5. The topological polar surface area (TPSA) is 105 Å². The first kappa shape index (κ1) is 27.3. The molecule has 3 aromatic rings. The van der Waals surface area contributed by atoms with Gasteiger partial charge in [0, 0.05) is 18.7 Å². The fourth-order valence-corrected chi connectivity index (χ4v) is 5.33. The van der Waals surface area contributed by atoms with Crippen LogP contribution in [-0.4, -0.2) is 45.7 Å². The van der Waals surface area contributed by atoms with Crippen molar-refractivity contribution in [1.29, 1.82) is 0 Å². The summed E-state index contributed by atoms with van der Waals surface area (Å²) in [7, 11) is -3.54. The first-order valence-electron chi connectivity index (χ1n) is 12.6. The third-order valence-corrected chi connectivity index (χ3v) is 7.64. The predicted octanol–water partition coefficient (Wildman–Crippen LogP) is 4.43. The van der Waals surface area contributed by atoms with E-state index in [4.69, 9.17) is 4.74 Å². The van der Waals surface area contributed by atoms with Gasteiger partial charge in [0.2, 0.25) is 10.0 Å². The third-order valence-electron chi connectivity index (χ3n) is 6.51. The molecule has 2 N–H and O–H groups in total. The van der Waals surface area contributed by atoms with Crippen LogP contribution in [0.1, 0.15) is 50.2 Å². The molecule has 8 nitrogen and oxygen atoms in total. The smallest absolute Gasteiger partial charge is 0.255 e. The van der Waals surface area contributed by atoms with Gasteiger partial charge in [-0.05, 0) is 73.7 Å². The molecule has 1 aliphatic rings. The van der Waals surface area contributed by atoms with Crippen LogP contribution in [0.15, 0.2) is 66.7 Å². The van der Waals surface area contributed by atoms with Crippen molar-refractivity contribution in [3.63, 3.8) is 0 Å². The van der Waals surface area contributed by atoms with E-state index in [1.807, 2.05) is 32.0 Å². The highest BCUT2D eigenvalue weighted by molar-refractivity contribution is 7.92. The molecular weight excluding hydrogens is 502 g/mol. The summed E-state index contributed by atoms with van der Waals surface area (Å²) in [5, 5.41) is 5.71. The average Bonchev–Trinajstić information content (AvgIpc) is 3.41. The highest BCUT2D eigenvalue weighted by atomic mass is 32.2. The van der Waals surface area contributed by atoms with E-state index >= 15 is 0 Å². The van der Waals surface area contributed by atoms with Crippen LogP contribution in [0, 0.1) is 13.8 Å². The van der Waals surface area contributed by atoms with Crippen molar-refractivity contribution in [2.45, 2.75) is 39.3 Å². The lowest BCUT2D eigenvalue weighted by Crippen LogP contribution is -2.32. The minimum absolute atomic E-state index is 0.0210. The van der Waals surface area contributed by atoms with Crippen LogP contribution in [0.25, 0.3) is 0 Å². The van der Waals surface area contributed by atoms with Gasteiger partial charge in [-0.15, -0.1) is 0 Å². The minimum atomic E-state index is -3.54. The molecule has 0 unspecified atom stereocenters. The van der Waals surface area contributed by atoms with E-state index in [0.717, 1.165) is 29.5 Å². The van der Waals surface area contributed by atoms with Gasteiger partial charge in [-0.3, -0.25) is 13.9 Å². The predicted molar refractivity (Wildman–Crippen MR) is 149 cm³/mol. The lowest BCUT2D eigenvalue weighted by molar-refractivity contribution is 0.0858. The summed E-state index contributed by atoms with van der Waals surface area (Å²) in [5.74, 6) is -0.649. The van der Waals surface area contributed by atoms with E-state index < -0.39 is 10.0 Å². The van der Waals surface area contributed by atoms with Gasteiger partial charge < -0.3 is 15.4 Å². The number of para-hydroxylation sites is 1. The van der Waals surface area contributed by atoms with Gasteiger partial charge in [0.1, 0.15) is 0 Å². The van der Waals surface area contributed by atoms with Crippen molar-refractivity contribution in [2.24, 2.45) is 0 Å². The SMILES string of the molecule is Cc1ccc(C)c(N(Cc2ccc(C(=O)Nc3ccccc3C(=O)NC[C@H]3CCCO3)cc2)S(C)(=O)=O)c1. The normalized spacial score (nSPS) is 15.2. The van der Waals surface area contributed by atoms with E-state index in [1.54, 1.807) is 48.5 Å². The summed E-state index contributed by atoms with van der Waals surface area (Å²) in [4.78, 5) is 25.7. The number of aryl methyl sites for hydroxylation is 2. The zero-order valence-electron chi connectivity index (χ0n) is 21.9. The maximum Gasteiger partial charge on any atom is 0.255 e. The molecule has 1 fully saturated rings. The fourth-order valence-electron chi connectivity index (χ4n) is 4.39. The zero-order valence-corrected chi connectivity index (χ0v) is 22.7. The third kappa shape index (κ3) is 6.79. The molecule has 1 saturated heterocycles. The Kier molecular flexibility index (Phi) is 8.48. The molecule has 9 heteroatoms. The molecule has 0 aliphatic carbocycles. The van der Waals surface area contributed by atoms with Crippen molar-refractivity contribution in [3.8, 4) is 0 Å². The van der Waals surface area contributed by atoms with E-state index in [-0.39, 0.29) is 24.5 Å². The summed E-state index contributed by atoms with van der Waals surface area (Å²) >= 11 is 0. The number of sulfonamides is 1. The number of benzene rings is 3. The Morgan fingerprint density at radius 1 is 1.00 bits per heavy atom. The molecule has 0 radical (unpaired) electrons. The van der Waals surface area contributed by atoms with Crippen LogP contribution in [0.2, 0.25) is 0 Å². The maximum atomic E-state index is 13.0. The number of amides is 2. The van der Waals surface area contributed by atoms with Gasteiger partial charge in [0.25, 0.3) is 11.8 Å². The van der Waals surface area contributed by atoms with Gasteiger partial charge >= 0.3 is 0 Å². The number of hydrogen-bond donors (Lipinski definition) is 2. The van der Waals surface area contributed by atoms with Crippen molar-refractivity contribution in [3.05, 3.63) is 94.5 Å². The van der Waals surface area contributed by atoms with Crippen molar-refractivity contribution >= 4 is 33.2 Å². The van der Waals surface area contributed by atoms with Crippen LogP contribution >= 0.6 is 0 Å². The lowest BCUT2D eigenvalue weighted by atomic mass is 10.1. The second-order valence-electron chi connectivity index (χ2n) is 9.60. The molecule has 1 heterocycles. The number of carbonyl (C=O) groups excluding carboxylic acids is 2. The van der Waals surface area contributed by atoms with E-state index in [1.165, 1.54) is 10.6 Å². The minimum Gasteiger partial charge on any atom is -0.376 e. The molecule has 1 atom stereocenters. The molecule has 200 valence electrons. The molecule has 4 rings (SSSR count). The molecule has 0 bridgehead atoms. The number of rotatable bonds is 9. The molecular formula is C29H33N3O5S. The highest BCUT2D eigenvalue weighted by Gasteiger charge is 2.21. The van der Waals surface area contributed by atoms with Gasteiger partial charge in [0.05, 0.1) is 35.8 Å². The van der Waals surface area contributed by atoms with Gasteiger partial charge in [-0.25, -0.2) is 8.42 Å². The number of ether oxygens (including phenoxy) is 1. The molecule has 38 heavy (non-hydrogen) atoms. The largest absolute Gasteiger partial charge is 0.376 e. The maximum absolute atomic E-state index is 13.0. The summed E-state index contributed by atoms with van der Waals surface area (Å²) in [6.45, 7) is 5.07. The van der Waals surface area contributed by atoms with Crippen molar-refractivity contribution in [2.75, 3.05) is 29.0 Å². The van der Waals surface area contributed by atoms with Crippen LogP contribution in [0.3, 0.4) is 0 Å². The lowest BCUT2D eigenvalue weighted by Gasteiger charge is -2.25. The standard InChI is InChI=1S/C29H33N3O5S/c1-20-10-11-21(2)27(17-20)32(38(3,35)36)19-22-12-14-23(15-13-22)28(33)31-26-9-5-4-8-25(26)29(34)30-18-24-7-6-16-37-24/h4-5,8-15,17,24H,6-7,16,18-19H2,1-3H3,(H,30,34)(H,31,33)/t24-/m1/s1. The number of hydrogen-bond acceptors (Lipinski definition) is 5. The van der Waals surface area contributed by atoms with Crippen LogP contribution in [0.5, 0.6) is 0 Å². The molecule has 1 aliphatic heterocycles. The van der Waals surface area contributed by atoms with Crippen LogP contribution < -0.4 is 14.9 Å². The summed E-state index contributed by atoms with van der Waals surface area (Å²) in [6, 6.07) is 19.3. The van der Waals surface area contributed by atoms with E-state index in [9.17, 15) is 18.0 Å². The molecule has 2 amide bonds. The quantitative estimate of drug-likeness (QED) is 0.422. The summed E-state index contributed by atoms with van der Waals surface area (Å²) in [6.07, 6.45) is 3.11. The Balaban J connectivity index is 1.45. The Bertz CT molecular complexity index is 1410. The van der Waals surface area contributed by atoms with Crippen LogP contribution in [0.4, 0.5) is 11.4 Å². The van der Waals surface area contributed by atoms with Gasteiger partial charge in [-0.2, -0.15) is 0 Å². The zero-order chi connectivity index (χ0) is 27.3. The van der Waals surface area contributed by atoms with Gasteiger partial charge in [-0.1, -0.05) is 36.4 Å². The van der Waals surface area contributed by atoms with Crippen molar-refractivity contribution < 1.29 is 22.7 Å². The molecule has 3 aromatic carbocycles. The Morgan fingerprint density at radius 3 is 2.42 bits per heavy atom. The van der Waals surface area contributed by atoms with E-state index in [2.05, 4.69) is 10.6 Å². The Labute approximate surface area is 224 Å². The molecule has 0 saturated carbocycles. The second kappa shape index (κ2) is 11.8. The fraction of sp³-hybridized carbons (Fsp3) is 0.310. The number of nitrogens with zero attached hydrogens (tertiary/aromatic N) is 1. The van der Waals surface area contributed by atoms with E-state index in [0.29, 0.717) is 35.7 Å². The van der Waals surface area contributed by atoms with Crippen molar-refractivity contribution in [1.82, 2.24) is 5.32 Å². The monoisotopic (exact) mass is 535 g/mol. The molecule has 0 spiro atoms. The van der Waals surface area contributed by atoms with Gasteiger partial charge in [0.15, 0.2) is 0 Å². The van der Waals surface area contributed by atoms with Crippen LogP contribution in [-0.2, 0) is 21.3 Å². The number of carbonyl (C=O) groups is 2. The first-order chi connectivity index (χ1) is 18.1. The highest BCUT2D eigenvalue weighted by Crippen LogP contribution is 2.26. The Hall–Kier alpha value is -3.69.